The lowest BCUT2D eigenvalue weighted by atomic mass is 10.1. The molecule has 0 saturated carbocycles. The van der Waals surface area contributed by atoms with Gasteiger partial charge in [0.15, 0.2) is 0 Å². The minimum absolute atomic E-state index is 0.0617. The minimum atomic E-state index is -0.330. The van der Waals surface area contributed by atoms with Crippen molar-refractivity contribution in [2.75, 3.05) is 36.0 Å². The summed E-state index contributed by atoms with van der Waals surface area (Å²) in [6, 6.07) is 29.2. The molecule has 5 nitrogen and oxygen atoms in total. The van der Waals surface area contributed by atoms with E-state index in [0.717, 1.165) is 34.8 Å². The van der Waals surface area contributed by atoms with E-state index in [0.29, 0.717) is 34.3 Å². The van der Waals surface area contributed by atoms with Gasteiger partial charge in [-0.2, -0.15) is 0 Å². The summed E-state index contributed by atoms with van der Waals surface area (Å²) >= 11 is 7.43. The number of piperazine rings is 1. The molecule has 1 fully saturated rings. The minimum Gasteiger partial charge on any atom is -0.368 e. The number of fused-ring (bicyclic) bond motifs is 1. The summed E-state index contributed by atoms with van der Waals surface area (Å²) in [7, 11) is 0. The second kappa shape index (κ2) is 11.8. The topological polar surface area (TPSA) is 43.9 Å². The molecule has 2 amide bonds. The first-order valence-electron chi connectivity index (χ1n) is 13.4. The molecule has 2 aliphatic heterocycles. The van der Waals surface area contributed by atoms with Crippen molar-refractivity contribution in [3.63, 3.8) is 0 Å². The number of hydrogen-bond donors (Lipinski definition) is 0. The Morgan fingerprint density at radius 3 is 2.29 bits per heavy atom. The highest BCUT2D eigenvalue weighted by atomic mass is 35.5. The normalized spacial score (nSPS) is 16.2. The first-order chi connectivity index (χ1) is 19.9. The molecule has 206 valence electrons. The Bertz CT molecular complexity index is 1600. The fraction of sp³-hybridized carbons (Fsp3) is 0.152. The summed E-state index contributed by atoms with van der Waals surface area (Å²) in [5, 5.41) is 0.697. The van der Waals surface area contributed by atoms with Crippen molar-refractivity contribution in [3.05, 3.63) is 129 Å². The van der Waals surface area contributed by atoms with Gasteiger partial charge in [0.05, 0.1) is 17.1 Å². The molecule has 2 heterocycles. The van der Waals surface area contributed by atoms with E-state index in [1.54, 1.807) is 17.0 Å². The zero-order valence-electron chi connectivity index (χ0n) is 22.2. The van der Waals surface area contributed by atoms with E-state index in [-0.39, 0.29) is 24.2 Å². The van der Waals surface area contributed by atoms with E-state index in [9.17, 15) is 14.0 Å². The number of carbonyl (C=O) groups is 2. The lowest BCUT2D eigenvalue weighted by Gasteiger charge is -2.36. The van der Waals surface area contributed by atoms with Crippen molar-refractivity contribution in [2.24, 2.45) is 0 Å². The number of amides is 2. The number of benzene rings is 4. The Morgan fingerprint density at radius 2 is 1.59 bits per heavy atom. The average Bonchev–Trinajstić information content (AvgIpc) is 3.01. The van der Waals surface area contributed by atoms with E-state index in [2.05, 4.69) is 4.90 Å². The fourth-order valence-electron chi connectivity index (χ4n) is 5.08. The van der Waals surface area contributed by atoms with Gasteiger partial charge in [-0.3, -0.25) is 9.59 Å². The molecule has 0 aliphatic carbocycles. The van der Waals surface area contributed by atoms with E-state index >= 15 is 0 Å². The molecule has 1 saturated heterocycles. The van der Waals surface area contributed by atoms with Crippen LogP contribution in [0.15, 0.2) is 107 Å². The van der Waals surface area contributed by atoms with Crippen molar-refractivity contribution in [1.82, 2.24) is 4.90 Å². The van der Waals surface area contributed by atoms with Gasteiger partial charge in [-0.15, -0.1) is 0 Å². The zero-order valence-corrected chi connectivity index (χ0v) is 23.7. The lowest BCUT2D eigenvalue weighted by molar-refractivity contribution is -0.114. The van der Waals surface area contributed by atoms with Crippen LogP contribution < -0.4 is 9.80 Å². The number of rotatable bonds is 5. The van der Waals surface area contributed by atoms with Gasteiger partial charge in [0.25, 0.3) is 11.8 Å². The van der Waals surface area contributed by atoms with E-state index in [4.69, 9.17) is 11.6 Å². The van der Waals surface area contributed by atoms with E-state index in [1.165, 1.54) is 23.9 Å². The van der Waals surface area contributed by atoms with Gasteiger partial charge in [-0.1, -0.05) is 65.8 Å². The van der Waals surface area contributed by atoms with Crippen LogP contribution in [0, 0.1) is 5.82 Å². The molecule has 0 unspecified atom stereocenters. The van der Waals surface area contributed by atoms with Crippen molar-refractivity contribution >= 4 is 52.6 Å². The Balaban J connectivity index is 1.26. The molecule has 4 aromatic rings. The molecule has 0 spiro atoms. The number of thioether (sulfide) groups is 1. The summed E-state index contributed by atoms with van der Waals surface area (Å²) in [4.78, 5) is 34.6. The van der Waals surface area contributed by atoms with Crippen molar-refractivity contribution < 1.29 is 14.0 Å². The third kappa shape index (κ3) is 6.01. The SMILES string of the molecule is O=C(c1ccc2c(c1)N(Cc1ccc(F)cc1)C(=O)/C(=C/c1ccccc1)S2)N1CCN(c2ccc(Cl)cc2)CC1. The number of nitrogens with zero attached hydrogens (tertiary/aromatic N) is 3. The number of carbonyl (C=O) groups excluding carboxylic acids is 2. The van der Waals surface area contributed by atoms with E-state index in [1.807, 2.05) is 83.8 Å². The van der Waals surface area contributed by atoms with Crippen LogP contribution in [-0.2, 0) is 11.3 Å². The lowest BCUT2D eigenvalue weighted by Crippen LogP contribution is -2.48. The molecule has 0 bridgehead atoms. The predicted octanol–water partition coefficient (Wildman–Crippen LogP) is 7.12. The van der Waals surface area contributed by atoms with Crippen LogP contribution in [0.3, 0.4) is 0 Å². The van der Waals surface area contributed by atoms with Crippen LogP contribution in [0.2, 0.25) is 5.02 Å². The van der Waals surface area contributed by atoms with Gasteiger partial charge in [0, 0.05) is 47.3 Å². The monoisotopic (exact) mass is 583 g/mol. The number of hydrogen-bond acceptors (Lipinski definition) is 4. The van der Waals surface area contributed by atoms with Crippen LogP contribution in [0.25, 0.3) is 6.08 Å². The van der Waals surface area contributed by atoms with Gasteiger partial charge in [0.2, 0.25) is 0 Å². The molecule has 0 atom stereocenters. The fourth-order valence-corrected chi connectivity index (χ4v) is 6.24. The quantitative estimate of drug-likeness (QED) is 0.235. The maximum absolute atomic E-state index is 13.8. The summed E-state index contributed by atoms with van der Waals surface area (Å²) < 4.78 is 13.6. The Kier molecular flexibility index (Phi) is 7.81. The van der Waals surface area contributed by atoms with Gasteiger partial charge in [-0.05, 0) is 71.8 Å². The number of anilines is 2. The van der Waals surface area contributed by atoms with Crippen LogP contribution in [-0.4, -0.2) is 42.9 Å². The van der Waals surface area contributed by atoms with Crippen LogP contribution in [0.4, 0.5) is 15.8 Å². The molecule has 4 aromatic carbocycles. The standard InChI is InChI=1S/C33H27ClFN3O2S/c34-26-9-13-28(14-10-26)36-16-18-37(19-17-36)32(39)25-8-15-30-29(21-25)38(22-24-6-11-27(35)12-7-24)33(40)31(41-30)20-23-4-2-1-3-5-23/h1-15,20-21H,16-19,22H2/b31-20-. The van der Waals surface area contributed by atoms with Gasteiger partial charge >= 0.3 is 0 Å². The largest absolute Gasteiger partial charge is 0.368 e. The highest BCUT2D eigenvalue weighted by Gasteiger charge is 2.31. The van der Waals surface area contributed by atoms with Crippen LogP contribution in [0.1, 0.15) is 21.5 Å². The predicted molar refractivity (Wildman–Crippen MR) is 164 cm³/mol. The molecular formula is C33H27ClFN3O2S. The highest BCUT2D eigenvalue weighted by Crippen LogP contribution is 2.43. The Labute approximate surface area is 247 Å². The molecular weight excluding hydrogens is 557 g/mol. The van der Waals surface area contributed by atoms with Gasteiger partial charge in [0.1, 0.15) is 5.82 Å². The number of halogens is 2. The van der Waals surface area contributed by atoms with Crippen molar-refractivity contribution in [1.29, 1.82) is 0 Å². The highest BCUT2D eigenvalue weighted by molar-refractivity contribution is 8.04. The van der Waals surface area contributed by atoms with Crippen molar-refractivity contribution in [3.8, 4) is 0 Å². The van der Waals surface area contributed by atoms with Gasteiger partial charge in [-0.25, -0.2) is 4.39 Å². The second-order valence-electron chi connectivity index (χ2n) is 9.98. The molecule has 2 aliphatic rings. The molecule has 0 N–H and O–H groups in total. The van der Waals surface area contributed by atoms with Gasteiger partial charge < -0.3 is 14.7 Å². The van der Waals surface area contributed by atoms with E-state index < -0.39 is 0 Å². The molecule has 6 rings (SSSR count). The maximum Gasteiger partial charge on any atom is 0.265 e. The summed E-state index contributed by atoms with van der Waals surface area (Å²) in [5.74, 6) is -0.548. The van der Waals surface area contributed by atoms with Crippen LogP contribution in [0.5, 0.6) is 0 Å². The third-order valence-corrected chi connectivity index (χ3v) is 8.61. The molecule has 0 aromatic heterocycles. The average molecular weight is 584 g/mol. The summed E-state index contributed by atoms with van der Waals surface area (Å²) in [5.41, 5.74) is 4.03. The summed E-state index contributed by atoms with van der Waals surface area (Å²) in [6.45, 7) is 2.88. The summed E-state index contributed by atoms with van der Waals surface area (Å²) in [6.07, 6.45) is 1.88. The molecule has 8 heteroatoms. The zero-order chi connectivity index (χ0) is 28.3. The maximum atomic E-state index is 13.8. The smallest absolute Gasteiger partial charge is 0.265 e. The third-order valence-electron chi connectivity index (χ3n) is 7.28. The second-order valence-corrected chi connectivity index (χ2v) is 11.5. The molecule has 0 radical (unpaired) electrons. The molecule has 41 heavy (non-hydrogen) atoms. The van der Waals surface area contributed by atoms with Crippen molar-refractivity contribution in [2.45, 2.75) is 11.4 Å². The Hall–Kier alpha value is -4.07. The Morgan fingerprint density at radius 1 is 0.878 bits per heavy atom. The first-order valence-corrected chi connectivity index (χ1v) is 14.6. The van der Waals surface area contributed by atoms with Crippen LogP contribution >= 0.6 is 23.4 Å². The first kappa shape index (κ1) is 27.1.